The monoisotopic (exact) mass is 242 g/mol. The molecule has 0 aliphatic carbocycles. The van der Waals surface area contributed by atoms with Gasteiger partial charge in [0.15, 0.2) is 0 Å². The first kappa shape index (κ1) is 12.2. The molecule has 0 saturated heterocycles. The molecular formula is C15H14O3. The lowest BCUT2D eigenvalue weighted by atomic mass is 10.0. The van der Waals surface area contributed by atoms with E-state index in [2.05, 4.69) is 0 Å². The van der Waals surface area contributed by atoms with Gasteiger partial charge in [-0.1, -0.05) is 36.4 Å². The minimum absolute atomic E-state index is 0.00294. The van der Waals surface area contributed by atoms with Crippen molar-refractivity contribution in [1.29, 1.82) is 0 Å². The summed E-state index contributed by atoms with van der Waals surface area (Å²) in [5.74, 6) is -0.171. The summed E-state index contributed by atoms with van der Waals surface area (Å²) in [5, 5.41) is 8.85. The zero-order valence-corrected chi connectivity index (χ0v) is 10.1. The van der Waals surface area contributed by atoms with Crippen molar-refractivity contribution in [2.24, 2.45) is 0 Å². The van der Waals surface area contributed by atoms with Crippen molar-refractivity contribution in [3.8, 4) is 16.9 Å². The molecule has 0 atom stereocenters. The molecule has 0 aromatic heterocycles. The molecule has 2 aromatic rings. The van der Waals surface area contributed by atoms with Crippen LogP contribution in [0.25, 0.3) is 11.1 Å². The molecule has 0 aliphatic heterocycles. The summed E-state index contributed by atoms with van der Waals surface area (Å²) in [5.41, 5.74) is 2.75. The number of ether oxygens (including phenoxy) is 1. The van der Waals surface area contributed by atoms with Gasteiger partial charge in [0.25, 0.3) is 0 Å². The number of methoxy groups -OCH3 is 1. The third kappa shape index (κ3) is 2.88. The lowest BCUT2D eigenvalue weighted by Gasteiger charge is -2.08. The molecule has 0 heterocycles. The summed E-state index contributed by atoms with van der Waals surface area (Å²) in [7, 11) is 1.58. The number of carboxylic acids is 1. The van der Waals surface area contributed by atoms with Crippen LogP contribution < -0.4 is 4.74 Å². The molecule has 18 heavy (non-hydrogen) atoms. The predicted molar refractivity (Wildman–Crippen MR) is 69.8 cm³/mol. The molecule has 0 amide bonds. The minimum atomic E-state index is -0.845. The first-order valence-corrected chi connectivity index (χ1v) is 5.64. The average Bonchev–Trinajstić information content (AvgIpc) is 2.38. The second-order valence-corrected chi connectivity index (χ2v) is 4.01. The molecular weight excluding hydrogens is 228 g/mol. The molecule has 0 unspecified atom stereocenters. The van der Waals surface area contributed by atoms with Crippen LogP contribution in [0.2, 0.25) is 0 Å². The SMILES string of the molecule is COc1cc(CC(=O)O)cc(-c2ccccc2)c1. The fraction of sp³-hybridized carbons (Fsp3) is 0.133. The van der Waals surface area contributed by atoms with Crippen molar-refractivity contribution in [2.45, 2.75) is 6.42 Å². The Morgan fingerprint density at radius 1 is 1.11 bits per heavy atom. The molecule has 0 saturated carbocycles. The minimum Gasteiger partial charge on any atom is -0.497 e. The molecule has 1 N–H and O–H groups in total. The fourth-order valence-electron chi connectivity index (χ4n) is 1.85. The van der Waals surface area contributed by atoms with E-state index < -0.39 is 5.97 Å². The summed E-state index contributed by atoms with van der Waals surface area (Å²) in [6.45, 7) is 0. The van der Waals surface area contributed by atoms with Crippen LogP contribution in [0.3, 0.4) is 0 Å². The largest absolute Gasteiger partial charge is 0.497 e. The van der Waals surface area contributed by atoms with E-state index in [4.69, 9.17) is 9.84 Å². The highest BCUT2D eigenvalue weighted by molar-refractivity contribution is 5.73. The van der Waals surface area contributed by atoms with Gasteiger partial charge in [-0.25, -0.2) is 0 Å². The quantitative estimate of drug-likeness (QED) is 0.896. The maximum Gasteiger partial charge on any atom is 0.307 e. The standard InChI is InChI=1S/C15H14O3/c1-18-14-8-11(9-15(16)17)7-13(10-14)12-5-3-2-4-6-12/h2-8,10H,9H2,1H3,(H,16,17). The number of carbonyl (C=O) groups is 1. The van der Waals surface area contributed by atoms with Gasteiger partial charge in [0.05, 0.1) is 13.5 Å². The second-order valence-electron chi connectivity index (χ2n) is 4.01. The Labute approximate surface area is 106 Å². The van der Waals surface area contributed by atoms with Crippen LogP contribution in [0.5, 0.6) is 5.75 Å². The Morgan fingerprint density at radius 2 is 1.83 bits per heavy atom. The van der Waals surface area contributed by atoms with E-state index in [1.54, 1.807) is 13.2 Å². The number of aliphatic carboxylic acids is 1. The maximum absolute atomic E-state index is 10.8. The zero-order chi connectivity index (χ0) is 13.0. The highest BCUT2D eigenvalue weighted by Crippen LogP contribution is 2.26. The summed E-state index contributed by atoms with van der Waals surface area (Å²) in [4.78, 5) is 10.8. The van der Waals surface area contributed by atoms with Gasteiger partial charge in [0, 0.05) is 0 Å². The van der Waals surface area contributed by atoms with Crippen LogP contribution in [0.4, 0.5) is 0 Å². The third-order valence-electron chi connectivity index (χ3n) is 2.66. The third-order valence-corrected chi connectivity index (χ3v) is 2.66. The van der Waals surface area contributed by atoms with E-state index in [1.165, 1.54) is 0 Å². The molecule has 0 aliphatic rings. The van der Waals surface area contributed by atoms with Crippen LogP contribution in [0.1, 0.15) is 5.56 Å². The lowest BCUT2D eigenvalue weighted by Crippen LogP contribution is -2.00. The molecule has 92 valence electrons. The molecule has 0 bridgehead atoms. The van der Waals surface area contributed by atoms with Crippen LogP contribution in [-0.4, -0.2) is 18.2 Å². The van der Waals surface area contributed by atoms with Gasteiger partial charge < -0.3 is 9.84 Å². The highest BCUT2D eigenvalue weighted by Gasteiger charge is 2.06. The number of carboxylic acid groups (broad SMARTS) is 1. The second kappa shape index (κ2) is 5.36. The van der Waals surface area contributed by atoms with E-state index in [9.17, 15) is 4.79 Å². The van der Waals surface area contributed by atoms with E-state index in [1.807, 2.05) is 42.5 Å². The predicted octanol–water partition coefficient (Wildman–Crippen LogP) is 2.99. The van der Waals surface area contributed by atoms with Gasteiger partial charge in [0.1, 0.15) is 5.75 Å². The summed E-state index contributed by atoms with van der Waals surface area (Å²) >= 11 is 0. The topological polar surface area (TPSA) is 46.5 Å². The first-order chi connectivity index (χ1) is 8.69. The Balaban J connectivity index is 2.44. The van der Waals surface area contributed by atoms with E-state index >= 15 is 0 Å². The van der Waals surface area contributed by atoms with Crippen LogP contribution in [0, 0.1) is 0 Å². The Bertz CT molecular complexity index is 547. The van der Waals surface area contributed by atoms with E-state index in [-0.39, 0.29) is 6.42 Å². The van der Waals surface area contributed by atoms with Gasteiger partial charge in [-0.2, -0.15) is 0 Å². The highest BCUT2D eigenvalue weighted by atomic mass is 16.5. The Hall–Kier alpha value is -2.29. The Kier molecular flexibility index (Phi) is 3.63. The summed E-state index contributed by atoms with van der Waals surface area (Å²) in [6.07, 6.45) is -0.00294. The lowest BCUT2D eigenvalue weighted by molar-refractivity contribution is -0.136. The van der Waals surface area contributed by atoms with Crippen molar-refractivity contribution in [1.82, 2.24) is 0 Å². The Morgan fingerprint density at radius 3 is 2.44 bits per heavy atom. The number of hydrogen-bond donors (Lipinski definition) is 1. The van der Waals surface area contributed by atoms with Crippen LogP contribution in [-0.2, 0) is 11.2 Å². The van der Waals surface area contributed by atoms with Crippen molar-refractivity contribution in [2.75, 3.05) is 7.11 Å². The molecule has 3 nitrogen and oxygen atoms in total. The maximum atomic E-state index is 10.8. The average molecular weight is 242 g/mol. The van der Waals surface area contributed by atoms with E-state index in [0.29, 0.717) is 5.75 Å². The van der Waals surface area contributed by atoms with Gasteiger partial charge in [-0.05, 0) is 28.8 Å². The smallest absolute Gasteiger partial charge is 0.307 e. The number of benzene rings is 2. The number of rotatable bonds is 4. The molecule has 0 spiro atoms. The summed E-state index contributed by atoms with van der Waals surface area (Å²) in [6, 6.07) is 15.4. The summed E-state index contributed by atoms with van der Waals surface area (Å²) < 4.78 is 5.21. The molecule has 0 fully saturated rings. The van der Waals surface area contributed by atoms with Gasteiger partial charge >= 0.3 is 5.97 Å². The van der Waals surface area contributed by atoms with Crippen LogP contribution in [0.15, 0.2) is 48.5 Å². The van der Waals surface area contributed by atoms with Crippen molar-refractivity contribution < 1.29 is 14.6 Å². The van der Waals surface area contributed by atoms with Crippen molar-refractivity contribution in [3.63, 3.8) is 0 Å². The molecule has 2 aromatic carbocycles. The first-order valence-electron chi connectivity index (χ1n) is 5.64. The fourth-order valence-corrected chi connectivity index (χ4v) is 1.85. The van der Waals surface area contributed by atoms with E-state index in [0.717, 1.165) is 16.7 Å². The number of hydrogen-bond acceptors (Lipinski definition) is 2. The van der Waals surface area contributed by atoms with Crippen LogP contribution >= 0.6 is 0 Å². The van der Waals surface area contributed by atoms with Crippen molar-refractivity contribution >= 4 is 5.97 Å². The molecule has 0 radical (unpaired) electrons. The van der Waals surface area contributed by atoms with Gasteiger partial charge in [0.2, 0.25) is 0 Å². The molecule has 3 heteroatoms. The molecule has 2 rings (SSSR count). The normalized spacial score (nSPS) is 10.1. The van der Waals surface area contributed by atoms with Gasteiger partial charge in [-0.15, -0.1) is 0 Å². The zero-order valence-electron chi connectivity index (χ0n) is 10.1. The van der Waals surface area contributed by atoms with Crippen molar-refractivity contribution in [3.05, 3.63) is 54.1 Å². The van der Waals surface area contributed by atoms with Gasteiger partial charge in [-0.3, -0.25) is 4.79 Å².